The van der Waals surface area contributed by atoms with Crippen LogP contribution in [0.3, 0.4) is 0 Å². The van der Waals surface area contributed by atoms with Gasteiger partial charge in [-0.1, -0.05) is 71.9 Å². The number of carbonyl (C=O) groups excluding carboxylic acids is 2. The molecule has 0 spiro atoms. The number of rotatable bonds is 8. The van der Waals surface area contributed by atoms with Gasteiger partial charge in [0.2, 0.25) is 11.7 Å². The molecule has 0 aliphatic heterocycles. The van der Waals surface area contributed by atoms with Crippen LogP contribution in [0.15, 0.2) is 77.3 Å². The minimum atomic E-state index is -0.494. The van der Waals surface area contributed by atoms with Crippen LogP contribution in [-0.4, -0.2) is 35.2 Å². The van der Waals surface area contributed by atoms with Gasteiger partial charge >= 0.3 is 5.97 Å². The summed E-state index contributed by atoms with van der Waals surface area (Å²) in [5.41, 5.74) is 1.63. The summed E-state index contributed by atoms with van der Waals surface area (Å²) in [7, 11) is 0. The van der Waals surface area contributed by atoms with E-state index in [1.54, 1.807) is 4.90 Å². The standard InChI is InChI=1S/C25H23N3O4/c1-2-28(21-14-8-12-18-9-6-7-13-20(18)21)23(29)17-31-24(30)16-15-22-26-25(27-32-22)19-10-4-3-5-11-19/h3-14H,2,15-17H2,1H3. The zero-order valence-corrected chi connectivity index (χ0v) is 17.7. The predicted molar refractivity (Wildman–Crippen MR) is 121 cm³/mol. The number of amides is 1. The lowest BCUT2D eigenvalue weighted by Crippen LogP contribution is -2.34. The lowest BCUT2D eigenvalue weighted by Gasteiger charge is -2.22. The van der Waals surface area contributed by atoms with E-state index < -0.39 is 5.97 Å². The van der Waals surface area contributed by atoms with E-state index in [-0.39, 0.29) is 25.4 Å². The second-order valence-corrected chi connectivity index (χ2v) is 7.17. The van der Waals surface area contributed by atoms with Crippen molar-refractivity contribution in [3.8, 4) is 11.4 Å². The Hall–Kier alpha value is -4.00. The van der Waals surface area contributed by atoms with Crippen LogP contribution in [0.1, 0.15) is 19.2 Å². The number of fused-ring (bicyclic) bond motifs is 1. The van der Waals surface area contributed by atoms with Gasteiger partial charge in [-0.2, -0.15) is 4.98 Å². The Morgan fingerprint density at radius 3 is 2.53 bits per heavy atom. The fourth-order valence-electron chi connectivity index (χ4n) is 3.49. The van der Waals surface area contributed by atoms with E-state index in [0.29, 0.717) is 18.3 Å². The number of carbonyl (C=O) groups is 2. The third kappa shape index (κ3) is 4.83. The SMILES string of the molecule is CCN(C(=O)COC(=O)CCc1nc(-c2ccccc2)no1)c1cccc2ccccc12. The summed E-state index contributed by atoms with van der Waals surface area (Å²) in [5, 5.41) is 5.95. The quantitative estimate of drug-likeness (QED) is 0.386. The molecule has 0 atom stereocenters. The third-order valence-corrected chi connectivity index (χ3v) is 5.07. The van der Waals surface area contributed by atoms with E-state index in [4.69, 9.17) is 9.26 Å². The van der Waals surface area contributed by atoms with Crippen LogP contribution in [0, 0.1) is 0 Å². The highest BCUT2D eigenvalue weighted by Crippen LogP contribution is 2.26. The first-order valence-electron chi connectivity index (χ1n) is 10.5. The summed E-state index contributed by atoms with van der Waals surface area (Å²) in [6.07, 6.45) is 0.289. The zero-order chi connectivity index (χ0) is 22.3. The molecule has 0 aliphatic carbocycles. The molecule has 7 heteroatoms. The van der Waals surface area contributed by atoms with E-state index >= 15 is 0 Å². The minimum absolute atomic E-state index is 0.0457. The van der Waals surface area contributed by atoms with Crippen LogP contribution in [0.25, 0.3) is 22.2 Å². The molecule has 1 aromatic heterocycles. The van der Waals surface area contributed by atoms with Crippen LogP contribution in [0.5, 0.6) is 0 Å². The van der Waals surface area contributed by atoms with Crippen molar-refractivity contribution < 1.29 is 18.8 Å². The van der Waals surface area contributed by atoms with Gasteiger partial charge in [-0.15, -0.1) is 0 Å². The van der Waals surface area contributed by atoms with E-state index in [1.165, 1.54) is 0 Å². The minimum Gasteiger partial charge on any atom is -0.456 e. The summed E-state index contributed by atoms with van der Waals surface area (Å²) >= 11 is 0. The number of ether oxygens (including phenoxy) is 1. The molecule has 0 saturated carbocycles. The predicted octanol–water partition coefficient (Wildman–Crippen LogP) is 4.42. The third-order valence-electron chi connectivity index (χ3n) is 5.07. The summed E-state index contributed by atoms with van der Waals surface area (Å²) in [6.45, 7) is 2.03. The van der Waals surface area contributed by atoms with Gasteiger partial charge in [0.05, 0.1) is 12.1 Å². The van der Waals surface area contributed by atoms with E-state index in [0.717, 1.165) is 22.0 Å². The van der Waals surface area contributed by atoms with Gasteiger partial charge in [0.15, 0.2) is 6.61 Å². The van der Waals surface area contributed by atoms with E-state index in [9.17, 15) is 9.59 Å². The fourth-order valence-corrected chi connectivity index (χ4v) is 3.49. The molecule has 3 aromatic carbocycles. The summed E-state index contributed by atoms with van der Waals surface area (Å²) in [4.78, 5) is 30.9. The summed E-state index contributed by atoms with van der Waals surface area (Å²) < 4.78 is 10.4. The zero-order valence-electron chi connectivity index (χ0n) is 17.7. The van der Waals surface area contributed by atoms with Crippen LogP contribution in [0.4, 0.5) is 5.69 Å². The number of esters is 1. The van der Waals surface area contributed by atoms with Crippen molar-refractivity contribution in [3.05, 3.63) is 78.7 Å². The number of hydrogen-bond donors (Lipinski definition) is 0. The van der Waals surface area contributed by atoms with Gasteiger partial charge in [0.25, 0.3) is 5.91 Å². The first-order chi connectivity index (χ1) is 15.7. The Bertz CT molecular complexity index is 1210. The molecule has 4 rings (SSSR count). The van der Waals surface area contributed by atoms with Crippen molar-refractivity contribution in [1.82, 2.24) is 10.1 Å². The molecule has 7 nitrogen and oxygen atoms in total. The second kappa shape index (κ2) is 9.87. The average Bonchev–Trinajstić information content (AvgIpc) is 3.32. The number of aryl methyl sites for hydroxylation is 1. The van der Waals surface area contributed by atoms with Gasteiger partial charge in [0, 0.05) is 23.9 Å². The van der Waals surface area contributed by atoms with Crippen molar-refractivity contribution in [2.75, 3.05) is 18.1 Å². The first-order valence-corrected chi connectivity index (χ1v) is 10.5. The van der Waals surface area contributed by atoms with Gasteiger partial charge in [-0.3, -0.25) is 9.59 Å². The Balaban J connectivity index is 1.32. The Morgan fingerprint density at radius 1 is 0.969 bits per heavy atom. The number of anilines is 1. The molecule has 0 radical (unpaired) electrons. The number of likely N-dealkylation sites (N-methyl/N-ethyl adjacent to an activating group) is 1. The van der Waals surface area contributed by atoms with Crippen LogP contribution in [-0.2, 0) is 20.7 Å². The normalized spacial score (nSPS) is 10.8. The van der Waals surface area contributed by atoms with Gasteiger partial charge < -0.3 is 14.2 Å². The van der Waals surface area contributed by atoms with Crippen LogP contribution < -0.4 is 4.90 Å². The number of hydrogen-bond acceptors (Lipinski definition) is 6. The monoisotopic (exact) mass is 429 g/mol. The Kier molecular flexibility index (Phi) is 6.55. The summed E-state index contributed by atoms with van der Waals surface area (Å²) in [6, 6.07) is 23.1. The maximum atomic E-state index is 12.8. The lowest BCUT2D eigenvalue weighted by molar-refractivity contribution is -0.147. The Morgan fingerprint density at radius 2 is 1.72 bits per heavy atom. The lowest BCUT2D eigenvalue weighted by atomic mass is 10.1. The van der Waals surface area contributed by atoms with Crippen molar-refractivity contribution in [3.63, 3.8) is 0 Å². The van der Waals surface area contributed by atoms with Crippen molar-refractivity contribution >= 4 is 28.3 Å². The second-order valence-electron chi connectivity index (χ2n) is 7.17. The number of nitrogens with zero attached hydrogens (tertiary/aromatic N) is 3. The fraction of sp³-hybridized carbons (Fsp3) is 0.200. The summed E-state index contributed by atoms with van der Waals surface area (Å²) in [5.74, 6) is 0.0454. The van der Waals surface area contributed by atoms with Crippen LogP contribution in [0.2, 0.25) is 0 Å². The van der Waals surface area contributed by atoms with Crippen molar-refractivity contribution in [2.24, 2.45) is 0 Å². The van der Waals surface area contributed by atoms with Crippen LogP contribution >= 0.6 is 0 Å². The molecule has 0 N–H and O–H groups in total. The maximum absolute atomic E-state index is 12.8. The smallest absolute Gasteiger partial charge is 0.306 e. The van der Waals surface area contributed by atoms with Crippen molar-refractivity contribution in [2.45, 2.75) is 19.8 Å². The molecule has 0 aliphatic rings. The van der Waals surface area contributed by atoms with Gasteiger partial charge in [-0.05, 0) is 18.4 Å². The highest BCUT2D eigenvalue weighted by atomic mass is 16.5. The molecule has 0 saturated heterocycles. The highest BCUT2D eigenvalue weighted by molar-refractivity contribution is 6.04. The molecule has 1 heterocycles. The molecular weight excluding hydrogens is 406 g/mol. The molecule has 0 fully saturated rings. The molecular formula is C25H23N3O4. The average molecular weight is 429 g/mol. The molecule has 0 bridgehead atoms. The molecule has 32 heavy (non-hydrogen) atoms. The molecule has 4 aromatic rings. The molecule has 1 amide bonds. The largest absolute Gasteiger partial charge is 0.456 e. The molecule has 162 valence electrons. The maximum Gasteiger partial charge on any atom is 0.306 e. The topological polar surface area (TPSA) is 85.5 Å². The number of benzene rings is 3. The first kappa shape index (κ1) is 21.2. The van der Waals surface area contributed by atoms with E-state index in [1.807, 2.05) is 79.7 Å². The number of aromatic nitrogens is 2. The molecule has 0 unspecified atom stereocenters. The Labute approximate surface area is 185 Å². The van der Waals surface area contributed by atoms with Gasteiger partial charge in [0.1, 0.15) is 0 Å². The van der Waals surface area contributed by atoms with Crippen molar-refractivity contribution in [1.29, 1.82) is 0 Å². The van der Waals surface area contributed by atoms with Gasteiger partial charge in [-0.25, -0.2) is 0 Å². The highest BCUT2D eigenvalue weighted by Gasteiger charge is 2.18. The van der Waals surface area contributed by atoms with E-state index in [2.05, 4.69) is 10.1 Å².